The summed E-state index contributed by atoms with van der Waals surface area (Å²) in [5, 5.41) is 15.1. The first-order valence-electron chi connectivity index (χ1n) is 7.02. The molecule has 3 aromatic rings. The minimum absolute atomic E-state index is 0.0941. The third-order valence-corrected chi connectivity index (χ3v) is 3.89. The first-order chi connectivity index (χ1) is 11.2. The van der Waals surface area contributed by atoms with E-state index in [1.807, 2.05) is 42.5 Å². The highest BCUT2D eigenvalue weighted by Gasteiger charge is 2.09. The number of nitrogens with one attached hydrogen (secondary N) is 2. The van der Waals surface area contributed by atoms with Gasteiger partial charge in [0.15, 0.2) is 0 Å². The largest absolute Gasteiger partial charge is 0.347 e. The number of anilines is 1. The van der Waals surface area contributed by atoms with E-state index in [1.54, 1.807) is 0 Å². The molecule has 2 N–H and O–H groups in total. The fraction of sp³-hybridized carbons (Fsp3) is 0.125. The van der Waals surface area contributed by atoms with Crippen LogP contribution in [0, 0.1) is 0 Å². The molecule has 7 heteroatoms. The fourth-order valence-electron chi connectivity index (χ4n) is 2.25. The summed E-state index contributed by atoms with van der Waals surface area (Å²) in [6.45, 7) is -0.0941. The lowest BCUT2D eigenvalue weighted by molar-refractivity contribution is -0.123. The minimum Gasteiger partial charge on any atom is -0.347 e. The molecule has 2 aromatic carbocycles. The number of nitrogens with zero attached hydrogens (tertiary/aromatic N) is 2. The van der Waals surface area contributed by atoms with Gasteiger partial charge in [0.1, 0.15) is 5.51 Å². The van der Waals surface area contributed by atoms with Gasteiger partial charge in [-0.15, -0.1) is 10.2 Å². The molecule has 0 aliphatic heterocycles. The smallest absolute Gasteiger partial charge is 0.245 e. The van der Waals surface area contributed by atoms with Gasteiger partial charge in [0.05, 0.1) is 13.0 Å². The molecule has 6 nitrogen and oxygen atoms in total. The second-order valence-electron chi connectivity index (χ2n) is 4.88. The maximum atomic E-state index is 12.0. The van der Waals surface area contributed by atoms with Crippen molar-refractivity contribution in [2.24, 2.45) is 0 Å². The molecule has 0 unspecified atom stereocenters. The highest BCUT2D eigenvalue weighted by Crippen LogP contribution is 2.18. The van der Waals surface area contributed by atoms with Crippen molar-refractivity contribution in [2.75, 3.05) is 11.9 Å². The molecule has 0 radical (unpaired) electrons. The van der Waals surface area contributed by atoms with Gasteiger partial charge in [0.2, 0.25) is 16.9 Å². The number of rotatable bonds is 5. The first kappa shape index (κ1) is 15.1. The number of hydrogen-bond donors (Lipinski definition) is 2. The maximum absolute atomic E-state index is 12.0. The van der Waals surface area contributed by atoms with E-state index in [-0.39, 0.29) is 24.8 Å². The van der Waals surface area contributed by atoms with E-state index in [9.17, 15) is 9.59 Å². The topological polar surface area (TPSA) is 84.0 Å². The second kappa shape index (κ2) is 6.97. The Morgan fingerprint density at radius 2 is 1.87 bits per heavy atom. The highest BCUT2D eigenvalue weighted by molar-refractivity contribution is 7.13. The summed E-state index contributed by atoms with van der Waals surface area (Å²) in [6, 6.07) is 13.7. The zero-order valence-electron chi connectivity index (χ0n) is 12.2. The second-order valence-corrected chi connectivity index (χ2v) is 5.72. The Morgan fingerprint density at radius 1 is 1.04 bits per heavy atom. The Kier molecular flexibility index (Phi) is 4.58. The van der Waals surface area contributed by atoms with Crippen molar-refractivity contribution in [1.82, 2.24) is 15.5 Å². The van der Waals surface area contributed by atoms with Gasteiger partial charge in [-0.25, -0.2) is 0 Å². The molecule has 0 atom stereocenters. The molecule has 116 valence electrons. The average Bonchev–Trinajstić information content (AvgIpc) is 3.06. The Morgan fingerprint density at radius 3 is 2.70 bits per heavy atom. The Balaban J connectivity index is 1.57. The summed E-state index contributed by atoms with van der Waals surface area (Å²) in [5.41, 5.74) is 2.46. The molecule has 1 heterocycles. The third-order valence-electron chi connectivity index (χ3n) is 3.28. The molecule has 0 spiro atoms. The monoisotopic (exact) mass is 326 g/mol. The van der Waals surface area contributed by atoms with Gasteiger partial charge in [0, 0.05) is 0 Å². The number of hydrogen-bond acceptors (Lipinski definition) is 5. The highest BCUT2D eigenvalue weighted by atomic mass is 32.1. The van der Waals surface area contributed by atoms with E-state index < -0.39 is 0 Å². The van der Waals surface area contributed by atoms with Gasteiger partial charge in [-0.3, -0.25) is 14.9 Å². The molecule has 3 rings (SSSR count). The van der Waals surface area contributed by atoms with Gasteiger partial charge in [-0.2, -0.15) is 0 Å². The van der Waals surface area contributed by atoms with Crippen molar-refractivity contribution in [3.63, 3.8) is 0 Å². The van der Waals surface area contributed by atoms with Gasteiger partial charge < -0.3 is 5.32 Å². The van der Waals surface area contributed by atoms with E-state index >= 15 is 0 Å². The number of benzene rings is 2. The Hall–Kier alpha value is -2.80. The lowest BCUT2D eigenvalue weighted by Crippen LogP contribution is -2.33. The van der Waals surface area contributed by atoms with Crippen LogP contribution in [0.4, 0.5) is 5.13 Å². The first-order valence-corrected chi connectivity index (χ1v) is 7.90. The van der Waals surface area contributed by atoms with Crippen LogP contribution in [0.2, 0.25) is 0 Å². The van der Waals surface area contributed by atoms with Crippen LogP contribution >= 0.6 is 11.3 Å². The van der Waals surface area contributed by atoms with Crippen LogP contribution in [0.3, 0.4) is 0 Å². The standard InChI is InChI=1S/C16H14N4O2S/c21-14(17-9-15(22)19-16-20-18-10-23-16)8-12-6-3-5-11-4-1-2-7-13(11)12/h1-7,10H,8-9H2,(H,17,21)(H,19,20,22). The number of carbonyl (C=O) groups excluding carboxylic acids is 2. The van der Waals surface area contributed by atoms with E-state index in [2.05, 4.69) is 20.8 Å². The predicted octanol–water partition coefficient (Wildman–Crippen LogP) is 1.99. The van der Waals surface area contributed by atoms with Crippen LogP contribution in [0.5, 0.6) is 0 Å². The summed E-state index contributed by atoms with van der Waals surface area (Å²) in [4.78, 5) is 23.7. The van der Waals surface area contributed by atoms with Crippen molar-refractivity contribution in [3.8, 4) is 0 Å². The van der Waals surface area contributed by atoms with E-state index in [0.717, 1.165) is 16.3 Å². The minimum atomic E-state index is -0.326. The van der Waals surface area contributed by atoms with Gasteiger partial charge in [0.25, 0.3) is 0 Å². The summed E-state index contributed by atoms with van der Waals surface area (Å²) in [7, 11) is 0. The van der Waals surface area contributed by atoms with Crippen LogP contribution in [0.1, 0.15) is 5.56 Å². The third kappa shape index (κ3) is 3.89. The normalized spacial score (nSPS) is 10.4. The van der Waals surface area contributed by atoms with Gasteiger partial charge in [-0.05, 0) is 16.3 Å². The SMILES string of the molecule is O=C(Cc1cccc2ccccc12)NCC(=O)Nc1nncs1. The van der Waals surface area contributed by atoms with Crippen molar-refractivity contribution < 1.29 is 9.59 Å². The molecule has 0 saturated heterocycles. The summed E-state index contributed by atoms with van der Waals surface area (Å²) in [6.07, 6.45) is 0.230. The molecule has 0 fully saturated rings. The summed E-state index contributed by atoms with van der Waals surface area (Å²) in [5.74, 6) is -0.526. The van der Waals surface area contributed by atoms with E-state index in [1.165, 1.54) is 16.8 Å². The molecular formula is C16H14N4O2S. The summed E-state index contributed by atoms with van der Waals surface area (Å²) < 4.78 is 0. The Bertz CT molecular complexity index is 828. The predicted molar refractivity (Wildman–Crippen MR) is 89.2 cm³/mol. The quantitative estimate of drug-likeness (QED) is 0.751. The maximum Gasteiger partial charge on any atom is 0.245 e. The number of aromatic nitrogens is 2. The number of fused-ring (bicyclic) bond motifs is 1. The molecule has 1 aromatic heterocycles. The van der Waals surface area contributed by atoms with Crippen LogP contribution in [-0.2, 0) is 16.0 Å². The van der Waals surface area contributed by atoms with Crippen LogP contribution in [0.15, 0.2) is 48.0 Å². The lowest BCUT2D eigenvalue weighted by atomic mass is 10.0. The molecule has 2 amide bonds. The zero-order chi connectivity index (χ0) is 16.1. The van der Waals surface area contributed by atoms with E-state index in [0.29, 0.717) is 5.13 Å². The van der Waals surface area contributed by atoms with Gasteiger partial charge >= 0.3 is 0 Å². The van der Waals surface area contributed by atoms with Crippen LogP contribution in [0.25, 0.3) is 10.8 Å². The zero-order valence-corrected chi connectivity index (χ0v) is 13.0. The van der Waals surface area contributed by atoms with Crippen LogP contribution in [-0.4, -0.2) is 28.6 Å². The Labute approximate surface area is 136 Å². The molecule has 0 bridgehead atoms. The van der Waals surface area contributed by atoms with Crippen molar-refractivity contribution >= 4 is 39.1 Å². The molecule has 0 aliphatic carbocycles. The van der Waals surface area contributed by atoms with Crippen molar-refractivity contribution in [1.29, 1.82) is 0 Å². The van der Waals surface area contributed by atoms with Crippen molar-refractivity contribution in [2.45, 2.75) is 6.42 Å². The molecule has 0 saturated carbocycles. The van der Waals surface area contributed by atoms with Gasteiger partial charge in [-0.1, -0.05) is 53.8 Å². The summed E-state index contributed by atoms with van der Waals surface area (Å²) >= 11 is 1.22. The van der Waals surface area contributed by atoms with Crippen molar-refractivity contribution in [3.05, 3.63) is 53.5 Å². The lowest BCUT2D eigenvalue weighted by Gasteiger charge is -2.07. The molecular weight excluding hydrogens is 312 g/mol. The average molecular weight is 326 g/mol. The number of carbonyl (C=O) groups is 2. The molecule has 23 heavy (non-hydrogen) atoms. The van der Waals surface area contributed by atoms with Crippen LogP contribution < -0.4 is 10.6 Å². The fourth-order valence-corrected chi connectivity index (χ4v) is 2.71. The molecule has 0 aliphatic rings. The van der Waals surface area contributed by atoms with E-state index in [4.69, 9.17) is 0 Å². The number of amides is 2.